The molecule has 1 N–H and O–H groups in total. The van der Waals surface area contributed by atoms with E-state index in [1.54, 1.807) is 12.4 Å². The van der Waals surface area contributed by atoms with E-state index < -0.39 is 0 Å². The van der Waals surface area contributed by atoms with Crippen LogP contribution < -0.4 is 4.90 Å². The van der Waals surface area contributed by atoms with Gasteiger partial charge < -0.3 is 9.88 Å². The predicted octanol–water partition coefficient (Wildman–Crippen LogP) is 3.36. The average molecular weight is 337 g/mol. The summed E-state index contributed by atoms with van der Waals surface area (Å²) < 4.78 is 13.4. The molecular weight excluding hydrogens is 317 g/mol. The molecule has 1 fully saturated rings. The number of nitrogens with one attached hydrogen (secondary N) is 1. The minimum atomic E-state index is -0.227. The van der Waals surface area contributed by atoms with E-state index in [1.807, 2.05) is 0 Å². The molecule has 1 aromatic carbocycles. The third-order valence-corrected chi connectivity index (χ3v) is 5.50. The van der Waals surface area contributed by atoms with Crippen molar-refractivity contribution in [3.05, 3.63) is 47.4 Å². The molecule has 1 aliphatic carbocycles. The lowest BCUT2D eigenvalue weighted by atomic mass is 9.96. The number of benzene rings is 1. The molecule has 2 aromatic heterocycles. The summed E-state index contributed by atoms with van der Waals surface area (Å²) in [6.07, 6.45) is 7.13. The second kappa shape index (κ2) is 5.79. The first kappa shape index (κ1) is 14.8. The van der Waals surface area contributed by atoms with Crippen molar-refractivity contribution >= 4 is 16.9 Å². The average Bonchev–Trinajstić information content (AvgIpc) is 3.27. The molecule has 3 aromatic rings. The molecule has 1 aliphatic heterocycles. The zero-order chi connectivity index (χ0) is 16.8. The van der Waals surface area contributed by atoms with Crippen molar-refractivity contribution in [1.82, 2.24) is 19.9 Å². The maximum Gasteiger partial charge on any atom is 0.135 e. The SMILES string of the molecule is Fc1ccc2nc(C3CCN(c4ncnc5c4CCC5)CC3)[nH]c2c1. The van der Waals surface area contributed by atoms with Gasteiger partial charge in [0.15, 0.2) is 0 Å². The molecule has 0 bridgehead atoms. The monoisotopic (exact) mass is 337 g/mol. The summed E-state index contributed by atoms with van der Waals surface area (Å²) in [4.78, 5) is 19.4. The van der Waals surface area contributed by atoms with Crippen molar-refractivity contribution in [2.24, 2.45) is 0 Å². The molecule has 6 heteroatoms. The number of piperidine rings is 1. The van der Waals surface area contributed by atoms with Crippen LogP contribution in [0.1, 0.15) is 42.3 Å². The normalized spacial score (nSPS) is 18.0. The van der Waals surface area contributed by atoms with Crippen LogP contribution in [0.25, 0.3) is 11.0 Å². The largest absolute Gasteiger partial charge is 0.356 e. The van der Waals surface area contributed by atoms with E-state index in [4.69, 9.17) is 0 Å². The molecule has 2 aliphatic rings. The molecule has 0 unspecified atom stereocenters. The van der Waals surface area contributed by atoms with E-state index >= 15 is 0 Å². The van der Waals surface area contributed by atoms with E-state index in [1.165, 1.54) is 29.8 Å². The van der Waals surface area contributed by atoms with Crippen LogP contribution in [-0.4, -0.2) is 33.0 Å². The van der Waals surface area contributed by atoms with E-state index in [-0.39, 0.29) is 5.82 Å². The Hall–Kier alpha value is -2.50. The highest BCUT2D eigenvalue weighted by atomic mass is 19.1. The van der Waals surface area contributed by atoms with E-state index in [0.717, 1.165) is 61.4 Å². The summed E-state index contributed by atoms with van der Waals surface area (Å²) in [7, 11) is 0. The van der Waals surface area contributed by atoms with Crippen LogP contribution in [0.15, 0.2) is 24.5 Å². The van der Waals surface area contributed by atoms with Gasteiger partial charge in [0, 0.05) is 30.3 Å². The van der Waals surface area contributed by atoms with Gasteiger partial charge in [0.1, 0.15) is 23.8 Å². The number of hydrogen-bond acceptors (Lipinski definition) is 4. The topological polar surface area (TPSA) is 57.7 Å². The zero-order valence-electron chi connectivity index (χ0n) is 14.0. The molecule has 0 spiro atoms. The molecular formula is C19H20FN5. The molecule has 25 heavy (non-hydrogen) atoms. The Morgan fingerprint density at radius 1 is 1.12 bits per heavy atom. The number of aromatic nitrogens is 4. The van der Waals surface area contributed by atoms with Crippen molar-refractivity contribution in [2.75, 3.05) is 18.0 Å². The fourth-order valence-corrected chi connectivity index (χ4v) is 4.17. The first-order valence-corrected chi connectivity index (χ1v) is 9.01. The maximum absolute atomic E-state index is 13.4. The minimum absolute atomic E-state index is 0.227. The molecule has 5 nitrogen and oxygen atoms in total. The number of aryl methyl sites for hydroxylation is 1. The Morgan fingerprint density at radius 3 is 2.88 bits per heavy atom. The van der Waals surface area contributed by atoms with Crippen LogP contribution >= 0.6 is 0 Å². The quantitative estimate of drug-likeness (QED) is 0.779. The Kier molecular flexibility index (Phi) is 3.43. The van der Waals surface area contributed by atoms with Gasteiger partial charge in [0.05, 0.1) is 11.0 Å². The lowest BCUT2D eigenvalue weighted by Crippen LogP contribution is -2.34. The second-order valence-electron chi connectivity index (χ2n) is 7.02. The number of anilines is 1. The number of fused-ring (bicyclic) bond motifs is 2. The van der Waals surface area contributed by atoms with Gasteiger partial charge in [-0.2, -0.15) is 0 Å². The Morgan fingerprint density at radius 2 is 2.00 bits per heavy atom. The first-order valence-electron chi connectivity index (χ1n) is 9.01. The van der Waals surface area contributed by atoms with Crippen molar-refractivity contribution < 1.29 is 4.39 Å². The van der Waals surface area contributed by atoms with Gasteiger partial charge >= 0.3 is 0 Å². The summed E-state index contributed by atoms with van der Waals surface area (Å²) in [6, 6.07) is 4.72. The van der Waals surface area contributed by atoms with Crippen LogP contribution in [-0.2, 0) is 12.8 Å². The highest BCUT2D eigenvalue weighted by Crippen LogP contribution is 2.33. The van der Waals surface area contributed by atoms with Crippen LogP contribution in [0.5, 0.6) is 0 Å². The van der Waals surface area contributed by atoms with E-state index in [9.17, 15) is 4.39 Å². The summed E-state index contributed by atoms with van der Waals surface area (Å²) in [5.41, 5.74) is 4.20. The molecule has 0 radical (unpaired) electrons. The van der Waals surface area contributed by atoms with Gasteiger partial charge in [-0.1, -0.05) is 0 Å². The number of H-pyrrole nitrogens is 1. The molecule has 0 saturated carbocycles. The number of aromatic amines is 1. The molecule has 128 valence electrons. The maximum atomic E-state index is 13.4. The molecule has 1 saturated heterocycles. The van der Waals surface area contributed by atoms with Gasteiger partial charge in [0.2, 0.25) is 0 Å². The van der Waals surface area contributed by atoms with Crippen molar-refractivity contribution in [3.8, 4) is 0 Å². The summed E-state index contributed by atoms with van der Waals surface area (Å²) in [5.74, 6) is 2.28. The Balaban J connectivity index is 1.35. The van der Waals surface area contributed by atoms with Gasteiger partial charge in [-0.3, -0.25) is 0 Å². The van der Waals surface area contributed by atoms with Crippen LogP contribution in [0.3, 0.4) is 0 Å². The third kappa shape index (κ3) is 2.56. The van der Waals surface area contributed by atoms with E-state index in [0.29, 0.717) is 5.92 Å². The highest BCUT2D eigenvalue weighted by molar-refractivity contribution is 5.75. The molecule has 0 atom stereocenters. The smallest absolute Gasteiger partial charge is 0.135 e. The zero-order valence-corrected chi connectivity index (χ0v) is 14.0. The summed E-state index contributed by atoms with van der Waals surface area (Å²) in [5, 5.41) is 0. The lowest BCUT2D eigenvalue weighted by Gasteiger charge is -2.33. The van der Waals surface area contributed by atoms with Gasteiger partial charge in [-0.15, -0.1) is 0 Å². The Bertz CT molecular complexity index is 927. The summed E-state index contributed by atoms with van der Waals surface area (Å²) in [6.45, 7) is 1.94. The predicted molar refractivity (Wildman–Crippen MR) is 94.3 cm³/mol. The third-order valence-electron chi connectivity index (χ3n) is 5.50. The number of rotatable bonds is 2. The first-order chi connectivity index (χ1) is 12.3. The highest BCUT2D eigenvalue weighted by Gasteiger charge is 2.27. The molecule has 0 amide bonds. The van der Waals surface area contributed by atoms with Gasteiger partial charge in [-0.25, -0.2) is 19.3 Å². The van der Waals surface area contributed by atoms with E-state index in [2.05, 4.69) is 24.8 Å². The number of hydrogen-bond donors (Lipinski definition) is 1. The van der Waals surface area contributed by atoms with Crippen molar-refractivity contribution in [2.45, 2.75) is 38.0 Å². The second-order valence-corrected chi connectivity index (χ2v) is 7.02. The standard InChI is InChI=1S/C19H20FN5/c20-13-4-5-16-17(10-13)24-18(23-16)12-6-8-25(9-7-12)19-14-2-1-3-15(14)21-11-22-19/h4-5,10-12H,1-3,6-9H2,(H,23,24). The fourth-order valence-electron chi connectivity index (χ4n) is 4.17. The van der Waals surface area contributed by atoms with Crippen LogP contribution in [0, 0.1) is 5.82 Å². The number of halogens is 1. The summed E-state index contributed by atoms with van der Waals surface area (Å²) >= 11 is 0. The Labute approximate surface area is 145 Å². The fraction of sp³-hybridized carbons (Fsp3) is 0.421. The van der Waals surface area contributed by atoms with Gasteiger partial charge in [-0.05, 0) is 50.3 Å². The van der Waals surface area contributed by atoms with Crippen molar-refractivity contribution in [3.63, 3.8) is 0 Å². The minimum Gasteiger partial charge on any atom is -0.356 e. The van der Waals surface area contributed by atoms with Crippen LogP contribution in [0.4, 0.5) is 10.2 Å². The molecule has 5 rings (SSSR count). The van der Waals surface area contributed by atoms with Crippen LogP contribution in [0.2, 0.25) is 0 Å². The number of imidazole rings is 1. The molecule has 3 heterocycles. The number of nitrogens with zero attached hydrogens (tertiary/aromatic N) is 4. The lowest BCUT2D eigenvalue weighted by molar-refractivity contribution is 0.486. The van der Waals surface area contributed by atoms with Gasteiger partial charge in [0.25, 0.3) is 0 Å². The van der Waals surface area contributed by atoms with Crippen molar-refractivity contribution in [1.29, 1.82) is 0 Å².